The van der Waals surface area contributed by atoms with Gasteiger partial charge in [0, 0.05) is 34.3 Å². The van der Waals surface area contributed by atoms with Crippen molar-refractivity contribution in [2.45, 2.75) is 26.1 Å². The molecule has 0 N–H and O–H groups in total. The van der Waals surface area contributed by atoms with Gasteiger partial charge in [-0.2, -0.15) is 0 Å². The molecule has 1 aromatic rings. The minimum atomic E-state index is -0.000689. The van der Waals surface area contributed by atoms with Gasteiger partial charge in [-0.3, -0.25) is 0 Å². The molecule has 0 aliphatic carbocycles. The van der Waals surface area contributed by atoms with Crippen LogP contribution in [0.2, 0.25) is 0 Å². The van der Waals surface area contributed by atoms with E-state index in [2.05, 4.69) is 9.55 Å². The molecule has 1 aromatic heterocycles. The van der Waals surface area contributed by atoms with Gasteiger partial charge in [-0.05, 0) is 6.92 Å². The van der Waals surface area contributed by atoms with E-state index in [0.29, 0.717) is 13.2 Å². The van der Waals surface area contributed by atoms with Crippen molar-refractivity contribution in [3.8, 4) is 0 Å². The van der Waals surface area contributed by atoms with E-state index in [9.17, 15) is 4.79 Å². The smallest absolute Gasteiger partial charge is 0.320 e. The van der Waals surface area contributed by atoms with E-state index in [1.165, 1.54) is 0 Å². The number of nitrogens with zero attached hydrogens (tertiary/aromatic N) is 4. The fourth-order valence-electron chi connectivity index (χ4n) is 2.34. The average molecular weight is 252 g/mol. The summed E-state index contributed by atoms with van der Waals surface area (Å²) in [5.41, 5.74) is 1.07. The highest BCUT2D eigenvalue weighted by Gasteiger charge is 2.30. The third-order valence-electron chi connectivity index (χ3n) is 3.30. The van der Waals surface area contributed by atoms with Crippen molar-refractivity contribution in [2.75, 3.05) is 27.7 Å². The lowest BCUT2D eigenvalue weighted by molar-refractivity contribution is 0.132. The van der Waals surface area contributed by atoms with Crippen LogP contribution in [-0.2, 0) is 17.9 Å². The third kappa shape index (κ3) is 2.08. The number of carbonyl (C=O) groups excluding carboxylic acids is 1. The summed E-state index contributed by atoms with van der Waals surface area (Å²) in [4.78, 5) is 19.9. The van der Waals surface area contributed by atoms with Crippen LogP contribution in [0.3, 0.4) is 0 Å². The fraction of sp³-hybridized carbons (Fsp3) is 0.667. The van der Waals surface area contributed by atoms with Crippen molar-refractivity contribution >= 4 is 6.03 Å². The lowest BCUT2D eigenvalue weighted by Gasteiger charge is -2.35. The van der Waals surface area contributed by atoms with Crippen molar-refractivity contribution in [3.05, 3.63) is 17.7 Å². The molecule has 0 bridgehead atoms. The molecule has 2 heterocycles. The lowest BCUT2D eigenvalue weighted by atomic mass is 10.2. The molecule has 2 amide bonds. The van der Waals surface area contributed by atoms with E-state index in [1.807, 2.05) is 18.0 Å². The van der Waals surface area contributed by atoms with Gasteiger partial charge in [0.15, 0.2) is 0 Å². The molecule has 0 aromatic carbocycles. The zero-order valence-electron chi connectivity index (χ0n) is 11.4. The molecule has 6 nitrogen and oxygen atoms in total. The van der Waals surface area contributed by atoms with Crippen molar-refractivity contribution in [1.82, 2.24) is 19.4 Å². The molecule has 1 aliphatic heterocycles. The minimum Gasteiger partial charge on any atom is -0.378 e. The maximum Gasteiger partial charge on any atom is 0.320 e. The normalized spacial score (nSPS) is 18.7. The van der Waals surface area contributed by atoms with E-state index < -0.39 is 0 Å². The SMILES string of the molecule is COCc1cnc2n1CCN(C(=O)N(C)C)C2C. The number of hydrogen-bond donors (Lipinski definition) is 0. The second-order valence-electron chi connectivity index (χ2n) is 4.74. The van der Waals surface area contributed by atoms with Gasteiger partial charge in [0.25, 0.3) is 0 Å². The van der Waals surface area contributed by atoms with E-state index in [-0.39, 0.29) is 12.1 Å². The number of aromatic nitrogens is 2. The Morgan fingerprint density at radius 1 is 1.56 bits per heavy atom. The van der Waals surface area contributed by atoms with Crippen molar-refractivity contribution in [2.24, 2.45) is 0 Å². The second kappa shape index (κ2) is 4.97. The molecule has 0 radical (unpaired) electrons. The zero-order chi connectivity index (χ0) is 13.3. The quantitative estimate of drug-likeness (QED) is 0.791. The zero-order valence-corrected chi connectivity index (χ0v) is 11.4. The molecule has 1 unspecified atom stereocenters. The summed E-state index contributed by atoms with van der Waals surface area (Å²) < 4.78 is 7.30. The number of carbonyl (C=O) groups is 1. The molecule has 100 valence electrons. The highest BCUT2D eigenvalue weighted by molar-refractivity contribution is 5.74. The van der Waals surface area contributed by atoms with Crippen molar-refractivity contribution in [3.63, 3.8) is 0 Å². The van der Waals surface area contributed by atoms with Crippen LogP contribution in [0.5, 0.6) is 0 Å². The Bertz CT molecular complexity index is 441. The molecule has 0 saturated heterocycles. The largest absolute Gasteiger partial charge is 0.378 e. The summed E-state index contributed by atoms with van der Waals surface area (Å²) >= 11 is 0. The average Bonchev–Trinajstić information content (AvgIpc) is 2.74. The van der Waals surface area contributed by atoms with Gasteiger partial charge in [-0.25, -0.2) is 9.78 Å². The van der Waals surface area contributed by atoms with E-state index in [4.69, 9.17) is 4.74 Å². The maximum atomic E-state index is 12.0. The van der Waals surface area contributed by atoms with Crippen molar-refractivity contribution in [1.29, 1.82) is 0 Å². The summed E-state index contributed by atoms with van der Waals surface area (Å²) in [7, 11) is 5.22. The monoisotopic (exact) mass is 252 g/mol. The summed E-state index contributed by atoms with van der Waals surface area (Å²) in [6, 6.07) is 0.0318. The van der Waals surface area contributed by atoms with Crippen LogP contribution in [0.4, 0.5) is 4.79 Å². The summed E-state index contributed by atoms with van der Waals surface area (Å²) in [6.07, 6.45) is 1.83. The summed E-state index contributed by atoms with van der Waals surface area (Å²) in [5.74, 6) is 0.934. The highest BCUT2D eigenvalue weighted by atomic mass is 16.5. The van der Waals surface area contributed by atoms with Gasteiger partial charge < -0.3 is 19.1 Å². The van der Waals surface area contributed by atoms with Gasteiger partial charge in [0.05, 0.1) is 24.5 Å². The first kappa shape index (κ1) is 12.9. The molecule has 1 atom stereocenters. The van der Waals surface area contributed by atoms with E-state index in [1.54, 1.807) is 26.1 Å². The molecule has 18 heavy (non-hydrogen) atoms. The second-order valence-corrected chi connectivity index (χ2v) is 4.74. The first-order valence-electron chi connectivity index (χ1n) is 6.07. The summed E-state index contributed by atoms with van der Waals surface area (Å²) in [5, 5.41) is 0. The van der Waals surface area contributed by atoms with Crippen LogP contribution in [0.15, 0.2) is 6.20 Å². The Labute approximate surface area is 107 Å². The maximum absolute atomic E-state index is 12.0. The number of methoxy groups -OCH3 is 1. The first-order chi connectivity index (χ1) is 8.56. The number of imidazole rings is 1. The third-order valence-corrected chi connectivity index (χ3v) is 3.30. The Hall–Kier alpha value is -1.56. The number of hydrogen-bond acceptors (Lipinski definition) is 3. The Morgan fingerprint density at radius 2 is 2.28 bits per heavy atom. The number of ether oxygens (including phenoxy) is 1. The predicted octanol–water partition coefficient (Wildman–Crippen LogP) is 1.09. The fourth-order valence-corrected chi connectivity index (χ4v) is 2.34. The molecule has 6 heteroatoms. The van der Waals surface area contributed by atoms with Gasteiger partial charge in [0.2, 0.25) is 0 Å². The molecule has 0 saturated carbocycles. The highest BCUT2D eigenvalue weighted by Crippen LogP contribution is 2.26. The van der Waals surface area contributed by atoms with E-state index in [0.717, 1.165) is 18.1 Å². The molecule has 1 aliphatic rings. The number of amides is 2. The number of rotatable bonds is 2. The van der Waals surface area contributed by atoms with Gasteiger partial charge in [0.1, 0.15) is 5.82 Å². The van der Waals surface area contributed by atoms with Crippen LogP contribution in [-0.4, -0.2) is 53.1 Å². The first-order valence-corrected chi connectivity index (χ1v) is 6.07. The van der Waals surface area contributed by atoms with Gasteiger partial charge >= 0.3 is 6.03 Å². The summed E-state index contributed by atoms with van der Waals surface area (Å²) in [6.45, 7) is 4.05. The number of urea groups is 1. The van der Waals surface area contributed by atoms with Crippen LogP contribution in [0.1, 0.15) is 24.5 Å². The predicted molar refractivity (Wildman–Crippen MR) is 67.1 cm³/mol. The Morgan fingerprint density at radius 3 is 2.89 bits per heavy atom. The Kier molecular flexibility index (Phi) is 3.56. The molecular formula is C12H20N4O2. The van der Waals surface area contributed by atoms with Crippen molar-refractivity contribution < 1.29 is 9.53 Å². The standard InChI is InChI=1S/C12H20N4O2/c1-9-11-13-7-10(8-18-4)16(11)6-5-15(9)12(17)14(2)3/h7,9H,5-6,8H2,1-4H3. The van der Waals surface area contributed by atoms with Crippen LogP contribution < -0.4 is 0 Å². The lowest BCUT2D eigenvalue weighted by Crippen LogP contribution is -2.46. The van der Waals surface area contributed by atoms with Crippen LogP contribution in [0, 0.1) is 0 Å². The van der Waals surface area contributed by atoms with Crippen LogP contribution in [0.25, 0.3) is 0 Å². The Balaban J connectivity index is 2.24. The van der Waals surface area contributed by atoms with Gasteiger partial charge in [-0.1, -0.05) is 0 Å². The molecule has 2 rings (SSSR count). The molecule has 0 fully saturated rings. The number of fused-ring (bicyclic) bond motifs is 1. The van der Waals surface area contributed by atoms with Gasteiger partial charge in [-0.15, -0.1) is 0 Å². The minimum absolute atomic E-state index is 0.000689. The topological polar surface area (TPSA) is 50.6 Å². The van der Waals surface area contributed by atoms with E-state index >= 15 is 0 Å². The van der Waals surface area contributed by atoms with Crippen LogP contribution >= 0.6 is 0 Å². The molecular weight excluding hydrogens is 232 g/mol. The molecule has 0 spiro atoms.